The summed E-state index contributed by atoms with van der Waals surface area (Å²) in [5, 5.41) is 0. The number of carbonyl (C=O) groups excluding carboxylic acids is 1. The van der Waals surface area contributed by atoms with Crippen LogP contribution >= 0.6 is 0 Å². The Hall–Kier alpha value is -0.490. The molecule has 0 aromatic rings. The van der Waals surface area contributed by atoms with Crippen LogP contribution < -0.4 is 0 Å². The highest BCUT2D eigenvalue weighted by atomic mass is 16.7. The molecule has 0 radical (unpaired) electrons. The van der Waals surface area contributed by atoms with E-state index in [1.54, 1.807) is 0 Å². The zero-order valence-electron chi connectivity index (χ0n) is 15.0. The van der Waals surface area contributed by atoms with Gasteiger partial charge in [-0.05, 0) is 31.6 Å². The first-order chi connectivity index (χ1) is 11.7. The molecule has 0 aromatic carbocycles. The lowest BCUT2D eigenvalue weighted by Crippen LogP contribution is -2.35. The fraction of sp³-hybridized carbons (Fsp3) is 0.947. The van der Waals surface area contributed by atoms with Gasteiger partial charge in [0.2, 0.25) is 0 Å². The molecular weight excluding hydrogens is 308 g/mol. The highest BCUT2D eigenvalue weighted by Gasteiger charge is 2.40. The molecule has 0 aromatic heterocycles. The van der Waals surface area contributed by atoms with Gasteiger partial charge in [0.05, 0.1) is 26.4 Å². The molecule has 2 heterocycles. The molecule has 4 rings (SSSR count). The van der Waals surface area contributed by atoms with Gasteiger partial charge in [-0.3, -0.25) is 0 Å². The van der Waals surface area contributed by atoms with Crippen LogP contribution in [0.15, 0.2) is 0 Å². The number of ether oxygens (including phenoxy) is 4. The van der Waals surface area contributed by atoms with E-state index in [4.69, 9.17) is 18.9 Å². The summed E-state index contributed by atoms with van der Waals surface area (Å²) in [5.74, 6) is 0.706. The summed E-state index contributed by atoms with van der Waals surface area (Å²) >= 11 is 0. The molecule has 2 aliphatic carbocycles. The van der Waals surface area contributed by atoms with Crippen molar-refractivity contribution < 1.29 is 23.7 Å². The van der Waals surface area contributed by atoms with Gasteiger partial charge in [-0.2, -0.15) is 0 Å². The summed E-state index contributed by atoms with van der Waals surface area (Å²) in [6, 6.07) is 0. The minimum absolute atomic E-state index is 0.147. The molecule has 0 unspecified atom stereocenters. The molecule has 4 fully saturated rings. The van der Waals surface area contributed by atoms with Crippen LogP contribution in [0.1, 0.15) is 64.7 Å². The molecule has 138 valence electrons. The highest BCUT2D eigenvalue weighted by molar-refractivity contribution is 5.53. The van der Waals surface area contributed by atoms with Crippen LogP contribution in [0.5, 0.6) is 0 Å². The van der Waals surface area contributed by atoms with E-state index in [0.29, 0.717) is 13.2 Å². The van der Waals surface area contributed by atoms with Crippen LogP contribution in [0, 0.1) is 11.8 Å². The lowest BCUT2D eigenvalue weighted by atomic mass is 9.84. The Kier molecular flexibility index (Phi) is 6.30. The van der Waals surface area contributed by atoms with Crippen LogP contribution in [0.2, 0.25) is 0 Å². The molecule has 0 amide bonds. The summed E-state index contributed by atoms with van der Waals surface area (Å²) in [6.45, 7) is 5.31. The van der Waals surface area contributed by atoms with E-state index in [0.717, 1.165) is 63.9 Å². The first kappa shape index (κ1) is 18.3. The minimum atomic E-state index is -0.306. The average Bonchev–Trinajstić information content (AvgIpc) is 3.28. The Morgan fingerprint density at radius 1 is 0.792 bits per heavy atom. The largest absolute Gasteiger partial charge is 0.348 e. The second-order valence-electron chi connectivity index (χ2n) is 7.54. The normalized spacial score (nSPS) is 31.8. The van der Waals surface area contributed by atoms with Crippen molar-refractivity contribution in [1.29, 1.82) is 0 Å². The zero-order valence-corrected chi connectivity index (χ0v) is 15.0. The second kappa shape index (κ2) is 8.26. The molecule has 24 heavy (non-hydrogen) atoms. The van der Waals surface area contributed by atoms with Crippen LogP contribution in [0.4, 0.5) is 0 Å². The van der Waals surface area contributed by atoms with Crippen LogP contribution in [-0.2, 0) is 23.7 Å². The summed E-state index contributed by atoms with van der Waals surface area (Å²) in [7, 11) is 0. The van der Waals surface area contributed by atoms with E-state index in [9.17, 15) is 4.79 Å². The van der Waals surface area contributed by atoms with Crippen molar-refractivity contribution in [3.8, 4) is 0 Å². The average molecular weight is 340 g/mol. The molecule has 0 N–H and O–H groups in total. The van der Waals surface area contributed by atoms with Crippen molar-refractivity contribution in [2.24, 2.45) is 11.8 Å². The summed E-state index contributed by atoms with van der Waals surface area (Å²) in [5.41, 5.74) is 0. The molecule has 2 saturated carbocycles. The van der Waals surface area contributed by atoms with Gasteiger partial charge in [0.15, 0.2) is 11.6 Å². The molecule has 0 atom stereocenters. The number of hydrogen-bond donors (Lipinski definition) is 0. The Balaban J connectivity index is 0.000000141. The van der Waals surface area contributed by atoms with Crippen molar-refractivity contribution >= 4 is 6.29 Å². The van der Waals surface area contributed by atoms with E-state index in [-0.39, 0.29) is 17.5 Å². The van der Waals surface area contributed by atoms with Crippen LogP contribution in [0.25, 0.3) is 0 Å². The first-order valence-corrected chi connectivity index (χ1v) is 9.70. The number of rotatable bonds is 2. The van der Waals surface area contributed by atoms with Gasteiger partial charge >= 0.3 is 0 Å². The van der Waals surface area contributed by atoms with E-state index in [2.05, 4.69) is 6.92 Å². The van der Waals surface area contributed by atoms with Gasteiger partial charge in [-0.25, -0.2) is 0 Å². The van der Waals surface area contributed by atoms with Gasteiger partial charge in [0.1, 0.15) is 6.29 Å². The lowest BCUT2D eigenvalue weighted by molar-refractivity contribution is -0.182. The van der Waals surface area contributed by atoms with Crippen molar-refractivity contribution in [3.05, 3.63) is 0 Å². The Bertz CT molecular complexity index is 379. The molecule has 5 nitrogen and oxygen atoms in total. The molecule has 2 aliphatic heterocycles. The van der Waals surface area contributed by atoms with Gasteiger partial charge in [0, 0.05) is 31.6 Å². The molecule has 2 spiro atoms. The van der Waals surface area contributed by atoms with E-state index >= 15 is 0 Å². The van der Waals surface area contributed by atoms with Crippen LogP contribution in [0.3, 0.4) is 0 Å². The number of hydrogen-bond acceptors (Lipinski definition) is 5. The number of carbonyl (C=O) groups is 1. The molecule has 5 heteroatoms. The zero-order chi connectivity index (χ0) is 16.9. The summed E-state index contributed by atoms with van der Waals surface area (Å²) < 4.78 is 22.4. The van der Waals surface area contributed by atoms with E-state index in [1.807, 2.05) is 0 Å². The summed E-state index contributed by atoms with van der Waals surface area (Å²) in [4.78, 5) is 10.5. The fourth-order valence-electron chi connectivity index (χ4n) is 4.31. The van der Waals surface area contributed by atoms with E-state index in [1.165, 1.54) is 19.3 Å². The quantitative estimate of drug-likeness (QED) is 0.721. The monoisotopic (exact) mass is 340 g/mol. The molecule has 2 saturated heterocycles. The Morgan fingerprint density at radius 2 is 1.21 bits per heavy atom. The number of aldehydes is 1. The summed E-state index contributed by atoms with van der Waals surface area (Å²) in [6.07, 6.45) is 10.8. The predicted molar refractivity (Wildman–Crippen MR) is 89.5 cm³/mol. The second-order valence-corrected chi connectivity index (χ2v) is 7.54. The first-order valence-electron chi connectivity index (χ1n) is 9.70. The molecular formula is C19H32O5. The minimum Gasteiger partial charge on any atom is -0.348 e. The highest BCUT2D eigenvalue weighted by Crippen LogP contribution is 2.39. The maximum atomic E-state index is 10.5. The lowest BCUT2D eigenvalue weighted by Gasteiger charge is -2.34. The van der Waals surface area contributed by atoms with Crippen molar-refractivity contribution in [2.45, 2.75) is 76.3 Å². The third-order valence-electron chi connectivity index (χ3n) is 6.06. The van der Waals surface area contributed by atoms with Crippen molar-refractivity contribution in [1.82, 2.24) is 0 Å². The molecule has 4 aliphatic rings. The van der Waals surface area contributed by atoms with Gasteiger partial charge in [-0.1, -0.05) is 13.3 Å². The topological polar surface area (TPSA) is 54.0 Å². The van der Waals surface area contributed by atoms with E-state index < -0.39 is 0 Å². The SMILES string of the molecule is CCC1CCC2(CC1)OCCO2.O=CC1CCC2(CC1)OCCO2. The smallest absolute Gasteiger partial charge is 0.168 e. The third-order valence-corrected chi connectivity index (χ3v) is 6.06. The van der Waals surface area contributed by atoms with Crippen molar-refractivity contribution in [3.63, 3.8) is 0 Å². The maximum absolute atomic E-state index is 10.5. The predicted octanol–water partition coefficient (Wildman–Crippen LogP) is 3.45. The Labute approximate surface area is 145 Å². The maximum Gasteiger partial charge on any atom is 0.168 e. The standard InChI is InChI=1S/C10H18O2.C9H14O3/c1-2-9-3-5-10(6-4-9)11-7-8-12-10;10-7-8-1-3-9(4-2-8)11-5-6-12-9/h9H,2-8H2,1H3;7-8H,1-6H2. The van der Waals surface area contributed by atoms with Gasteiger partial charge in [0.25, 0.3) is 0 Å². The van der Waals surface area contributed by atoms with Gasteiger partial charge < -0.3 is 23.7 Å². The molecule has 0 bridgehead atoms. The van der Waals surface area contributed by atoms with Crippen molar-refractivity contribution in [2.75, 3.05) is 26.4 Å². The Morgan fingerprint density at radius 3 is 1.58 bits per heavy atom. The van der Waals surface area contributed by atoms with Gasteiger partial charge in [-0.15, -0.1) is 0 Å². The third kappa shape index (κ3) is 4.37. The fourth-order valence-corrected chi connectivity index (χ4v) is 4.31. The van der Waals surface area contributed by atoms with Crippen LogP contribution in [-0.4, -0.2) is 44.3 Å².